The van der Waals surface area contributed by atoms with Crippen LogP contribution in [0.4, 0.5) is 0 Å². The zero-order valence-corrected chi connectivity index (χ0v) is 19.8. The molecule has 30 heavy (non-hydrogen) atoms. The minimum Gasteiger partial charge on any atom is -0.385 e. The molecule has 166 valence electrons. The Kier molecular flexibility index (Phi) is 9.16. The van der Waals surface area contributed by atoms with E-state index in [0.29, 0.717) is 25.5 Å². The summed E-state index contributed by atoms with van der Waals surface area (Å²) in [6, 6.07) is 12.7. The summed E-state index contributed by atoms with van der Waals surface area (Å²) in [5, 5.41) is 0. The van der Waals surface area contributed by atoms with E-state index in [4.69, 9.17) is 4.74 Å². The van der Waals surface area contributed by atoms with Crippen LogP contribution in [-0.4, -0.2) is 35.6 Å². The lowest BCUT2D eigenvalue weighted by atomic mass is 9.84. The van der Waals surface area contributed by atoms with Gasteiger partial charge in [0.15, 0.2) is 0 Å². The van der Waals surface area contributed by atoms with E-state index in [2.05, 4.69) is 81.8 Å². The van der Waals surface area contributed by atoms with Crippen molar-refractivity contribution in [2.24, 2.45) is 11.3 Å². The lowest BCUT2D eigenvalue weighted by molar-refractivity contribution is -0.133. The van der Waals surface area contributed by atoms with Gasteiger partial charge in [-0.3, -0.25) is 4.79 Å². The second kappa shape index (κ2) is 11.4. The number of carbonyl (C=O) groups is 1. The number of carbonyl (C=O) groups excluding carboxylic acids is 1. The normalized spacial score (nSPS) is 12.7. The quantitative estimate of drug-likeness (QED) is 0.446. The number of aryl methyl sites for hydroxylation is 1. The molecule has 1 heterocycles. The number of hydrogen-bond donors (Lipinski definition) is 0. The molecule has 0 radical (unpaired) electrons. The smallest absolute Gasteiger partial charge is 0.223 e. The fourth-order valence-corrected chi connectivity index (χ4v) is 4.15. The summed E-state index contributed by atoms with van der Waals surface area (Å²) < 4.78 is 7.49. The summed E-state index contributed by atoms with van der Waals surface area (Å²) in [7, 11) is 1.71. The minimum absolute atomic E-state index is 0.239. The van der Waals surface area contributed by atoms with E-state index in [0.717, 1.165) is 25.9 Å². The van der Waals surface area contributed by atoms with Gasteiger partial charge in [-0.15, -0.1) is 0 Å². The highest BCUT2D eigenvalue weighted by Gasteiger charge is 2.22. The monoisotopic (exact) mass is 412 g/mol. The van der Waals surface area contributed by atoms with E-state index in [1.54, 1.807) is 7.11 Å². The second-order valence-electron chi connectivity index (χ2n) is 9.79. The first-order chi connectivity index (χ1) is 14.2. The van der Waals surface area contributed by atoms with Gasteiger partial charge in [0, 0.05) is 45.1 Å². The molecule has 1 aromatic heterocycles. The molecule has 1 unspecified atom stereocenters. The second-order valence-corrected chi connectivity index (χ2v) is 9.79. The average Bonchev–Trinajstić information content (AvgIpc) is 3.08. The van der Waals surface area contributed by atoms with E-state index in [1.807, 2.05) is 4.90 Å². The first kappa shape index (κ1) is 24.2. The molecule has 1 amide bonds. The maximum Gasteiger partial charge on any atom is 0.223 e. The SMILES string of the molecule is COCCCN(Cc1cccn1Cc1ccccc1C)C(=O)CC(C)CC(C)(C)C. The van der Waals surface area contributed by atoms with Crippen molar-refractivity contribution in [2.75, 3.05) is 20.3 Å². The fraction of sp³-hybridized carbons (Fsp3) is 0.577. The van der Waals surface area contributed by atoms with Crippen LogP contribution in [0.25, 0.3) is 0 Å². The molecule has 2 aromatic rings. The van der Waals surface area contributed by atoms with Gasteiger partial charge in [0.1, 0.15) is 0 Å². The molecule has 0 N–H and O–H groups in total. The molecule has 0 aliphatic heterocycles. The third-order valence-corrected chi connectivity index (χ3v) is 5.49. The third-order valence-electron chi connectivity index (χ3n) is 5.49. The Morgan fingerprint density at radius 1 is 1.17 bits per heavy atom. The highest BCUT2D eigenvalue weighted by atomic mass is 16.5. The molecule has 0 spiro atoms. The van der Waals surface area contributed by atoms with Gasteiger partial charge >= 0.3 is 0 Å². The van der Waals surface area contributed by atoms with E-state index in [9.17, 15) is 4.79 Å². The number of methoxy groups -OCH3 is 1. The molecule has 0 aliphatic carbocycles. The maximum atomic E-state index is 13.2. The van der Waals surface area contributed by atoms with Gasteiger partial charge in [0.05, 0.1) is 6.54 Å². The Balaban J connectivity index is 2.10. The summed E-state index contributed by atoms with van der Waals surface area (Å²) in [5.74, 6) is 0.618. The van der Waals surface area contributed by atoms with Crippen molar-refractivity contribution in [3.8, 4) is 0 Å². The van der Waals surface area contributed by atoms with Crippen molar-refractivity contribution in [3.63, 3.8) is 0 Å². The van der Waals surface area contributed by atoms with Gasteiger partial charge in [0.25, 0.3) is 0 Å². The Labute approximate surface area is 183 Å². The molecular weight excluding hydrogens is 372 g/mol. The molecule has 0 saturated heterocycles. The van der Waals surface area contributed by atoms with Crippen molar-refractivity contribution in [2.45, 2.75) is 67.0 Å². The van der Waals surface area contributed by atoms with E-state index in [1.165, 1.54) is 16.8 Å². The molecule has 4 nitrogen and oxygen atoms in total. The van der Waals surface area contributed by atoms with E-state index < -0.39 is 0 Å². The van der Waals surface area contributed by atoms with Crippen molar-refractivity contribution in [1.82, 2.24) is 9.47 Å². The van der Waals surface area contributed by atoms with Crippen LogP contribution in [0.3, 0.4) is 0 Å². The number of nitrogens with zero attached hydrogens (tertiary/aromatic N) is 2. The van der Waals surface area contributed by atoms with Crippen molar-refractivity contribution < 1.29 is 9.53 Å². The molecule has 1 aromatic carbocycles. The number of benzene rings is 1. The van der Waals surface area contributed by atoms with Crippen LogP contribution in [-0.2, 0) is 22.6 Å². The Bertz CT molecular complexity index is 788. The van der Waals surface area contributed by atoms with E-state index in [-0.39, 0.29) is 11.3 Å². The van der Waals surface area contributed by atoms with Gasteiger partial charge in [-0.2, -0.15) is 0 Å². The lowest BCUT2D eigenvalue weighted by Crippen LogP contribution is -2.34. The zero-order valence-electron chi connectivity index (χ0n) is 19.8. The van der Waals surface area contributed by atoms with Gasteiger partial charge in [-0.25, -0.2) is 0 Å². The average molecular weight is 413 g/mol. The molecule has 0 aliphatic rings. The number of hydrogen-bond acceptors (Lipinski definition) is 2. The highest BCUT2D eigenvalue weighted by Crippen LogP contribution is 2.26. The largest absolute Gasteiger partial charge is 0.385 e. The molecule has 1 atom stereocenters. The molecule has 2 rings (SSSR count). The van der Waals surface area contributed by atoms with Gasteiger partial charge in [-0.1, -0.05) is 52.0 Å². The molecule has 0 fully saturated rings. The first-order valence-electron chi connectivity index (χ1n) is 11.1. The van der Waals surface area contributed by atoms with Crippen molar-refractivity contribution >= 4 is 5.91 Å². The van der Waals surface area contributed by atoms with Crippen LogP contribution >= 0.6 is 0 Å². The van der Waals surface area contributed by atoms with E-state index >= 15 is 0 Å². The number of aromatic nitrogens is 1. The van der Waals surface area contributed by atoms with Crippen LogP contribution in [0, 0.1) is 18.3 Å². The minimum atomic E-state index is 0.239. The van der Waals surface area contributed by atoms with Crippen LogP contribution in [0.15, 0.2) is 42.6 Å². The summed E-state index contributed by atoms with van der Waals surface area (Å²) >= 11 is 0. The fourth-order valence-electron chi connectivity index (χ4n) is 4.15. The molecular formula is C26H40N2O2. The third kappa shape index (κ3) is 7.98. The predicted octanol–water partition coefficient (Wildman–Crippen LogP) is 5.67. The lowest BCUT2D eigenvalue weighted by Gasteiger charge is -2.27. The number of ether oxygens (including phenoxy) is 1. The Morgan fingerprint density at radius 3 is 2.57 bits per heavy atom. The standard InChI is InChI=1S/C26H40N2O2/c1-21(18-26(3,4)5)17-25(29)28(15-10-16-30-6)20-24-13-9-14-27(24)19-23-12-8-7-11-22(23)2/h7-9,11-14,21H,10,15-20H2,1-6H3. The van der Waals surface area contributed by atoms with Crippen LogP contribution in [0.2, 0.25) is 0 Å². The van der Waals surface area contributed by atoms with Crippen LogP contribution in [0.1, 0.15) is 63.8 Å². The molecule has 0 bridgehead atoms. The summed E-state index contributed by atoms with van der Waals surface area (Å²) in [6.07, 6.45) is 4.62. The predicted molar refractivity (Wildman–Crippen MR) is 124 cm³/mol. The topological polar surface area (TPSA) is 34.5 Å². The van der Waals surface area contributed by atoms with Crippen LogP contribution in [0.5, 0.6) is 0 Å². The van der Waals surface area contributed by atoms with Crippen molar-refractivity contribution in [1.29, 1.82) is 0 Å². The van der Waals surface area contributed by atoms with Crippen LogP contribution < -0.4 is 0 Å². The maximum absolute atomic E-state index is 13.2. The highest BCUT2D eigenvalue weighted by molar-refractivity contribution is 5.76. The van der Waals surface area contributed by atoms with Gasteiger partial charge < -0.3 is 14.2 Å². The van der Waals surface area contributed by atoms with Gasteiger partial charge in [-0.05, 0) is 54.4 Å². The summed E-state index contributed by atoms with van der Waals surface area (Å²) in [6.45, 7) is 13.9. The first-order valence-corrected chi connectivity index (χ1v) is 11.1. The van der Waals surface area contributed by atoms with Gasteiger partial charge in [0.2, 0.25) is 5.91 Å². The zero-order chi connectivity index (χ0) is 22.1. The molecule has 4 heteroatoms. The Hall–Kier alpha value is -2.07. The van der Waals surface area contributed by atoms with Crippen molar-refractivity contribution in [3.05, 3.63) is 59.4 Å². The molecule has 0 saturated carbocycles. The number of rotatable bonds is 11. The number of amides is 1. The summed E-state index contributed by atoms with van der Waals surface area (Å²) in [5.41, 5.74) is 4.02. The Morgan fingerprint density at radius 2 is 1.90 bits per heavy atom. The summed E-state index contributed by atoms with van der Waals surface area (Å²) in [4.78, 5) is 15.2.